The molecule has 0 unspecified atom stereocenters. The van der Waals surface area contributed by atoms with E-state index in [1.165, 1.54) is 11.5 Å². The summed E-state index contributed by atoms with van der Waals surface area (Å²) in [6, 6.07) is 3.93. The molecule has 0 aliphatic carbocycles. The third-order valence-corrected chi connectivity index (χ3v) is 3.84. The van der Waals surface area contributed by atoms with E-state index in [1.807, 2.05) is 37.9 Å². The van der Waals surface area contributed by atoms with Crippen LogP contribution in [-0.4, -0.2) is 28.4 Å². The van der Waals surface area contributed by atoms with E-state index < -0.39 is 0 Å². The molecule has 2 rings (SSSR count). The Morgan fingerprint density at radius 3 is 2.71 bits per heavy atom. The van der Waals surface area contributed by atoms with Gasteiger partial charge in [0.2, 0.25) is 0 Å². The highest BCUT2D eigenvalue weighted by Crippen LogP contribution is 2.30. The zero-order valence-electron chi connectivity index (χ0n) is 12.3. The van der Waals surface area contributed by atoms with Crippen molar-refractivity contribution in [3.63, 3.8) is 0 Å². The second-order valence-corrected chi connectivity index (χ2v) is 5.84. The molecule has 2 aromatic heterocycles. The second kappa shape index (κ2) is 6.53. The van der Waals surface area contributed by atoms with Gasteiger partial charge in [-0.25, -0.2) is 0 Å². The van der Waals surface area contributed by atoms with Crippen LogP contribution < -0.4 is 16.0 Å². The van der Waals surface area contributed by atoms with Gasteiger partial charge in [0.25, 0.3) is 5.91 Å². The van der Waals surface area contributed by atoms with Gasteiger partial charge in [-0.2, -0.15) is 4.37 Å². The lowest BCUT2D eigenvalue weighted by atomic mass is 10.2. The van der Waals surface area contributed by atoms with Crippen molar-refractivity contribution in [3.8, 4) is 0 Å². The number of carbonyl (C=O) groups excluding carboxylic acids is 1. The van der Waals surface area contributed by atoms with Crippen LogP contribution in [0.3, 0.4) is 0 Å². The number of hydrogen-bond donors (Lipinski definition) is 2. The van der Waals surface area contributed by atoms with Crippen LogP contribution in [0.15, 0.2) is 24.5 Å². The molecule has 2 aromatic rings. The molecule has 0 fully saturated rings. The van der Waals surface area contributed by atoms with Crippen LogP contribution in [0.2, 0.25) is 0 Å². The minimum Gasteiger partial charge on any atom is -0.382 e. The Kier molecular flexibility index (Phi) is 4.74. The second-order valence-electron chi connectivity index (χ2n) is 5.09. The molecule has 3 N–H and O–H groups in total. The maximum absolute atomic E-state index is 12.3. The molecule has 0 radical (unpaired) electrons. The molecule has 112 valence electrons. The van der Waals surface area contributed by atoms with Crippen molar-refractivity contribution in [2.45, 2.75) is 26.4 Å². The van der Waals surface area contributed by atoms with E-state index in [0.29, 0.717) is 12.1 Å². The highest BCUT2D eigenvalue weighted by atomic mass is 32.1. The van der Waals surface area contributed by atoms with Gasteiger partial charge >= 0.3 is 0 Å². The molecule has 7 heteroatoms. The zero-order valence-corrected chi connectivity index (χ0v) is 13.1. The first-order valence-electron chi connectivity index (χ1n) is 6.65. The Bertz CT molecular complexity index is 611. The maximum Gasteiger partial charge on any atom is 0.258 e. The third kappa shape index (κ3) is 3.69. The van der Waals surface area contributed by atoms with E-state index >= 15 is 0 Å². The first-order chi connectivity index (χ1) is 9.99. The van der Waals surface area contributed by atoms with Gasteiger partial charge in [0.1, 0.15) is 10.6 Å². The Morgan fingerprint density at radius 2 is 2.10 bits per heavy atom. The van der Waals surface area contributed by atoms with Crippen molar-refractivity contribution in [2.24, 2.45) is 0 Å². The number of amides is 1. The molecule has 0 saturated carbocycles. The fraction of sp³-hybridized carbons (Fsp3) is 0.357. The number of nitrogen functional groups attached to an aromatic ring is 1. The highest BCUT2D eigenvalue weighted by molar-refractivity contribution is 7.11. The van der Waals surface area contributed by atoms with Gasteiger partial charge in [0.05, 0.1) is 0 Å². The fourth-order valence-electron chi connectivity index (χ4n) is 1.94. The quantitative estimate of drug-likeness (QED) is 0.881. The van der Waals surface area contributed by atoms with E-state index in [0.717, 1.165) is 10.6 Å². The van der Waals surface area contributed by atoms with Crippen molar-refractivity contribution in [1.29, 1.82) is 0 Å². The first-order valence-corrected chi connectivity index (χ1v) is 7.42. The molecular weight excluding hydrogens is 286 g/mol. The molecule has 0 aliphatic rings. The van der Waals surface area contributed by atoms with Crippen molar-refractivity contribution >= 4 is 28.3 Å². The number of nitrogens with zero attached hydrogens (tertiary/aromatic N) is 3. The number of aromatic nitrogens is 2. The van der Waals surface area contributed by atoms with Gasteiger partial charge < -0.3 is 16.0 Å². The van der Waals surface area contributed by atoms with Crippen LogP contribution in [0.5, 0.6) is 0 Å². The van der Waals surface area contributed by atoms with Gasteiger partial charge in [0, 0.05) is 32.0 Å². The number of carbonyl (C=O) groups is 1. The van der Waals surface area contributed by atoms with Gasteiger partial charge in [0.15, 0.2) is 5.82 Å². The monoisotopic (exact) mass is 305 g/mol. The molecule has 21 heavy (non-hydrogen) atoms. The van der Waals surface area contributed by atoms with Crippen LogP contribution in [0.25, 0.3) is 0 Å². The molecule has 0 bridgehead atoms. The predicted octanol–water partition coefficient (Wildman–Crippen LogP) is 1.89. The maximum atomic E-state index is 12.3. The lowest BCUT2D eigenvalue weighted by Crippen LogP contribution is -2.31. The average Bonchev–Trinajstić information content (AvgIpc) is 2.81. The Labute approximate surface area is 128 Å². The summed E-state index contributed by atoms with van der Waals surface area (Å²) in [5, 5.41) is 3.62. The average molecular weight is 305 g/mol. The standard InChI is InChI=1S/C14H19N5OS/c1-9(2)17-13(20)11-12(15)18-21-14(11)19(3)8-10-4-6-16-7-5-10/h4-7,9H,8H2,1-3H3,(H2,15,18)(H,17,20). The molecule has 6 nitrogen and oxygen atoms in total. The topological polar surface area (TPSA) is 84.1 Å². The lowest BCUT2D eigenvalue weighted by molar-refractivity contribution is 0.0944. The van der Waals surface area contributed by atoms with Gasteiger partial charge in [-0.05, 0) is 43.1 Å². The molecule has 0 saturated heterocycles. The summed E-state index contributed by atoms with van der Waals surface area (Å²) in [6.07, 6.45) is 3.49. The van der Waals surface area contributed by atoms with E-state index in [4.69, 9.17) is 5.73 Å². The summed E-state index contributed by atoms with van der Waals surface area (Å²) >= 11 is 1.23. The summed E-state index contributed by atoms with van der Waals surface area (Å²) in [5.41, 5.74) is 7.41. The lowest BCUT2D eigenvalue weighted by Gasteiger charge is -2.19. The normalized spacial score (nSPS) is 10.7. The van der Waals surface area contributed by atoms with E-state index in [-0.39, 0.29) is 17.8 Å². The molecule has 0 spiro atoms. The number of nitrogens with one attached hydrogen (secondary N) is 1. The molecular formula is C14H19N5OS. The van der Waals surface area contributed by atoms with Crippen molar-refractivity contribution in [2.75, 3.05) is 17.7 Å². The number of anilines is 2. The van der Waals surface area contributed by atoms with Crippen LogP contribution in [0.1, 0.15) is 29.8 Å². The molecule has 1 amide bonds. The SMILES string of the molecule is CC(C)NC(=O)c1c(N)nsc1N(C)Cc1ccncc1. The number of pyridine rings is 1. The van der Waals surface area contributed by atoms with Gasteiger partial charge in [-0.3, -0.25) is 9.78 Å². The molecule has 0 aromatic carbocycles. The Hall–Kier alpha value is -2.15. The summed E-state index contributed by atoms with van der Waals surface area (Å²) < 4.78 is 4.11. The summed E-state index contributed by atoms with van der Waals surface area (Å²) in [5.74, 6) is 0.0857. The molecule has 0 atom stereocenters. The summed E-state index contributed by atoms with van der Waals surface area (Å²) in [7, 11) is 1.92. The van der Waals surface area contributed by atoms with E-state index in [2.05, 4.69) is 14.7 Å². The smallest absolute Gasteiger partial charge is 0.258 e. The van der Waals surface area contributed by atoms with Crippen molar-refractivity contribution in [3.05, 3.63) is 35.7 Å². The Morgan fingerprint density at radius 1 is 1.43 bits per heavy atom. The first kappa shape index (κ1) is 15.2. The summed E-state index contributed by atoms with van der Waals surface area (Å²) in [6.45, 7) is 4.48. The van der Waals surface area contributed by atoms with Crippen LogP contribution in [0.4, 0.5) is 10.8 Å². The molecule has 2 heterocycles. The highest BCUT2D eigenvalue weighted by Gasteiger charge is 2.22. The summed E-state index contributed by atoms with van der Waals surface area (Å²) in [4.78, 5) is 18.2. The third-order valence-electron chi connectivity index (χ3n) is 2.86. The van der Waals surface area contributed by atoms with E-state index in [9.17, 15) is 4.79 Å². The number of hydrogen-bond acceptors (Lipinski definition) is 6. The largest absolute Gasteiger partial charge is 0.382 e. The zero-order chi connectivity index (χ0) is 15.4. The Balaban J connectivity index is 2.22. The van der Waals surface area contributed by atoms with Gasteiger partial charge in [-0.1, -0.05) is 0 Å². The van der Waals surface area contributed by atoms with Gasteiger partial charge in [-0.15, -0.1) is 0 Å². The van der Waals surface area contributed by atoms with Crippen molar-refractivity contribution < 1.29 is 4.79 Å². The minimum atomic E-state index is -0.187. The molecule has 0 aliphatic heterocycles. The minimum absolute atomic E-state index is 0.0511. The number of rotatable bonds is 5. The predicted molar refractivity (Wildman–Crippen MR) is 85.5 cm³/mol. The van der Waals surface area contributed by atoms with Crippen LogP contribution >= 0.6 is 11.5 Å². The number of nitrogens with two attached hydrogens (primary N) is 1. The van der Waals surface area contributed by atoms with Crippen LogP contribution in [-0.2, 0) is 6.54 Å². The van der Waals surface area contributed by atoms with E-state index in [1.54, 1.807) is 12.4 Å². The van der Waals surface area contributed by atoms with Crippen LogP contribution in [0, 0.1) is 0 Å². The fourth-order valence-corrected chi connectivity index (χ4v) is 2.70. The van der Waals surface area contributed by atoms with Crippen molar-refractivity contribution in [1.82, 2.24) is 14.7 Å².